The lowest BCUT2D eigenvalue weighted by Gasteiger charge is -2.22. The Kier molecular flexibility index (Phi) is 4.30. The van der Waals surface area contributed by atoms with E-state index in [9.17, 15) is 9.59 Å². The van der Waals surface area contributed by atoms with E-state index in [1.165, 1.54) is 0 Å². The van der Waals surface area contributed by atoms with Gasteiger partial charge in [-0.1, -0.05) is 30.3 Å². The summed E-state index contributed by atoms with van der Waals surface area (Å²) in [4.78, 5) is 23.0. The predicted molar refractivity (Wildman–Crippen MR) is 66.0 cm³/mol. The van der Waals surface area contributed by atoms with Crippen LogP contribution >= 0.6 is 0 Å². The molecule has 1 aromatic rings. The minimum Gasteiger partial charge on any atom is -0.445 e. The van der Waals surface area contributed by atoms with Crippen molar-refractivity contribution < 1.29 is 14.3 Å². The van der Waals surface area contributed by atoms with Crippen molar-refractivity contribution in [3.8, 4) is 0 Å². The third-order valence-corrected chi connectivity index (χ3v) is 2.79. The molecular weight excluding hydrogens is 232 g/mol. The molecule has 5 nitrogen and oxygen atoms in total. The van der Waals surface area contributed by atoms with Gasteiger partial charge in [-0.2, -0.15) is 0 Å². The molecule has 1 aliphatic rings. The van der Waals surface area contributed by atoms with Crippen LogP contribution in [-0.4, -0.2) is 31.0 Å². The van der Waals surface area contributed by atoms with Gasteiger partial charge in [0.25, 0.3) is 0 Å². The lowest BCUT2D eigenvalue weighted by molar-refractivity contribution is -0.121. The summed E-state index contributed by atoms with van der Waals surface area (Å²) in [5.41, 5.74) is 0.917. The highest BCUT2D eigenvalue weighted by molar-refractivity contribution is 5.88. The van der Waals surface area contributed by atoms with E-state index in [-0.39, 0.29) is 12.4 Å². The van der Waals surface area contributed by atoms with Crippen molar-refractivity contribution in [3.63, 3.8) is 0 Å². The fraction of sp³-hybridized carbons (Fsp3) is 0.385. The van der Waals surface area contributed by atoms with E-state index in [1.54, 1.807) is 0 Å². The highest BCUT2D eigenvalue weighted by Crippen LogP contribution is 2.02. The van der Waals surface area contributed by atoms with Crippen molar-refractivity contribution in [2.45, 2.75) is 19.1 Å². The maximum absolute atomic E-state index is 11.5. The Labute approximate surface area is 106 Å². The number of hydrogen-bond acceptors (Lipinski definition) is 4. The van der Waals surface area contributed by atoms with Gasteiger partial charge in [-0.15, -0.1) is 0 Å². The molecule has 2 rings (SSSR count). The Morgan fingerprint density at radius 1 is 1.39 bits per heavy atom. The van der Waals surface area contributed by atoms with Crippen LogP contribution in [-0.2, 0) is 16.1 Å². The summed E-state index contributed by atoms with van der Waals surface area (Å²) in [5, 5.41) is 5.62. The second-order valence-corrected chi connectivity index (χ2v) is 4.18. The maximum Gasteiger partial charge on any atom is 0.408 e. The van der Waals surface area contributed by atoms with Gasteiger partial charge in [-0.05, 0) is 5.56 Å². The summed E-state index contributed by atoms with van der Waals surface area (Å²) in [6.45, 7) is 1.36. The topological polar surface area (TPSA) is 67.4 Å². The van der Waals surface area contributed by atoms with E-state index in [0.29, 0.717) is 19.5 Å². The number of nitrogens with one attached hydrogen (secondary N) is 2. The van der Waals surface area contributed by atoms with E-state index in [2.05, 4.69) is 10.6 Å². The van der Waals surface area contributed by atoms with Crippen LogP contribution in [0.2, 0.25) is 0 Å². The first-order valence-corrected chi connectivity index (χ1v) is 5.96. The van der Waals surface area contributed by atoms with Crippen molar-refractivity contribution in [2.24, 2.45) is 0 Å². The summed E-state index contributed by atoms with van der Waals surface area (Å²) in [5.74, 6) is 0.0467. The number of hydrogen-bond donors (Lipinski definition) is 2. The van der Waals surface area contributed by atoms with Gasteiger partial charge in [0.2, 0.25) is 0 Å². The molecule has 0 aromatic heterocycles. The average Bonchev–Trinajstić information content (AvgIpc) is 2.40. The molecule has 96 valence electrons. The molecule has 0 bridgehead atoms. The van der Waals surface area contributed by atoms with Crippen molar-refractivity contribution in [1.82, 2.24) is 10.6 Å². The number of carbonyl (C=O) groups is 2. The second kappa shape index (κ2) is 6.16. The zero-order valence-electron chi connectivity index (χ0n) is 10.0. The zero-order valence-corrected chi connectivity index (χ0v) is 10.0. The third-order valence-electron chi connectivity index (χ3n) is 2.79. The Balaban J connectivity index is 1.76. The van der Waals surface area contributed by atoms with E-state index >= 15 is 0 Å². The Morgan fingerprint density at radius 2 is 2.17 bits per heavy atom. The van der Waals surface area contributed by atoms with Gasteiger partial charge in [-0.3, -0.25) is 4.79 Å². The molecule has 1 fully saturated rings. The van der Waals surface area contributed by atoms with Crippen LogP contribution in [0, 0.1) is 0 Å². The average molecular weight is 248 g/mol. The van der Waals surface area contributed by atoms with E-state index in [1.807, 2.05) is 30.3 Å². The third kappa shape index (κ3) is 3.56. The Hall–Kier alpha value is -1.88. The van der Waals surface area contributed by atoms with Gasteiger partial charge in [0.05, 0.1) is 0 Å². The van der Waals surface area contributed by atoms with Gasteiger partial charge in [0, 0.05) is 19.5 Å². The zero-order chi connectivity index (χ0) is 12.8. The first-order chi connectivity index (χ1) is 8.75. The van der Waals surface area contributed by atoms with Crippen LogP contribution < -0.4 is 10.6 Å². The standard InChI is InChI=1S/C13H16N2O3/c16-12-6-7-14-8-11(12)15-13(17)18-9-10-4-2-1-3-5-10/h1-5,11,14H,6-9H2,(H,15,17). The summed E-state index contributed by atoms with van der Waals surface area (Å²) < 4.78 is 5.05. The summed E-state index contributed by atoms with van der Waals surface area (Å²) in [6.07, 6.45) is -0.107. The van der Waals surface area contributed by atoms with Gasteiger partial charge < -0.3 is 15.4 Å². The fourth-order valence-corrected chi connectivity index (χ4v) is 1.78. The molecule has 5 heteroatoms. The molecule has 2 N–H and O–H groups in total. The van der Waals surface area contributed by atoms with Crippen LogP contribution in [0.5, 0.6) is 0 Å². The number of amides is 1. The van der Waals surface area contributed by atoms with E-state index in [0.717, 1.165) is 5.56 Å². The SMILES string of the molecule is O=C(NC1CNCCC1=O)OCc1ccccc1. The molecule has 1 saturated heterocycles. The molecule has 1 aliphatic heterocycles. The fourth-order valence-electron chi connectivity index (χ4n) is 1.78. The predicted octanol–water partition coefficient (Wildman–Crippen LogP) is 0.844. The number of Topliss-reactive ketones (excluding diaryl/α,β-unsaturated/α-hetero) is 1. The molecule has 0 radical (unpaired) electrons. The number of ether oxygens (including phenoxy) is 1. The number of alkyl carbamates (subject to hydrolysis) is 1. The molecule has 1 amide bonds. The first-order valence-electron chi connectivity index (χ1n) is 5.96. The van der Waals surface area contributed by atoms with Crippen molar-refractivity contribution in [1.29, 1.82) is 0 Å². The molecule has 0 spiro atoms. The van der Waals surface area contributed by atoms with Crippen molar-refractivity contribution in [2.75, 3.05) is 13.1 Å². The smallest absolute Gasteiger partial charge is 0.408 e. The molecule has 1 unspecified atom stereocenters. The lowest BCUT2D eigenvalue weighted by atomic mass is 10.1. The highest BCUT2D eigenvalue weighted by atomic mass is 16.5. The largest absolute Gasteiger partial charge is 0.445 e. The summed E-state index contributed by atoms with van der Waals surface area (Å²) >= 11 is 0. The Morgan fingerprint density at radius 3 is 2.89 bits per heavy atom. The summed E-state index contributed by atoms with van der Waals surface area (Å²) in [7, 11) is 0. The van der Waals surface area contributed by atoms with Crippen molar-refractivity contribution >= 4 is 11.9 Å². The molecule has 1 heterocycles. The normalized spacial score (nSPS) is 19.3. The molecule has 0 aliphatic carbocycles. The molecule has 1 atom stereocenters. The number of ketones is 1. The monoisotopic (exact) mass is 248 g/mol. The minimum atomic E-state index is -0.555. The van der Waals surface area contributed by atoms with Crippen LogP contribution in [0.4, 0.5) is 4.79 Å². The number of rotatable bonds is 3. The van der Waals surface area contributed by atoms with Gasteiger partial charge in [-0.25, -0.2) is 4.79 Å². The van der Waals surface area contributed by atoms with Crippen LogP contribution in [0.25, 0.3) is 0 Å². The van der Waals surface area contributed by atoms with Gasteiger partial charge in [0.15, 0.2) is 5.78 Å². The van der Waals surface area contributed by atoms with E-state index < -0.39 is 12.1 Å². The maximum atomic E-state index is 11.5. The number of benzene rings is 1. The van der Waals surface area contributed by atoms with Crippen molar-refractivity contribution in [3.05, 3.63) is 35.9 Å². The first kappa shape index (κ1) is 12.6. The number of piperidine rings is 1. The minimum absolute atomic E-state index is 0.0467. The van der Waals surface area contributed by atoms with E-state index in [4.69, 9.17) is 4.74 Å². The quantitative estimate of drug-likeness (QED) is 0.832. The second-order valence-electron chi connectivity index (χ2n) is 4.18. The molecule has 0 saturated carbocycles. The van der Waals surface area contributed by atoms with Crippen LogP contribution in [0.1, 0.15) is 12.0 Å². The Bertz CT molecular complexity index is 420. The van der Waals surface area contributed by atoms with Crippen LogP contribution in [0.3, 0.4) is 0 Å². The summed E-state index contributed by atoms with van der Waals surface area (Å²) in [6, 6.07) is 8.94. The van der Waals surface area contributed by atoms with Gasteiger partial charge in [0.1, 0.15) is 12.6 Å². The van der Waals surface area contributed by atoms with Gasteiger partial charge >= 0.3 is 6.09 Å². The lowest BCUT2D eigenvalue weighted by Crippen LogP contribution is -2.51. The molecule has 18 heavy (non-hydrogen) atoms. The highest BCUT2D eigenvalue weighted by Gasteiger charge is 2.23. The molecule has 1 aromatic carbocycles. The molecular formula is C13H16N2O3. The number of carbonyl (C=O) groups excluding carboxylic acids is 2. The van der Waals surface area contributed by atoms with Crippen LogP contribution in [0.15, 0.2) is 30.3 Å².